The maximum Gasteiger partial charge on any atom is 0.152 e. The van der Waals surface area contributed by atoms with Crippen LogP contribution in [0, 0.1) is 0 Å². The summed E-state index contributed by atoms with van der Waals surface area (Å²) in [4.78, 5) is 12.0. The Hall–Kier alpha value is -0.370. The lowest BCUT2D eigenvalue weighted by Crippen LogP contribution is -2.51. The van der Waals surface area contributed by atoms with Crippen LogP contribution >= 0.6 is 0 Å². The van der Waals surface area contributed by atoms with Gasteiger partial charge in [0.15, 0.2) is 5.78 Å². The number of nitrogens with one attached hydrogen (secondary N) is 1. The third kappa shape index (κ3) is 2.57. The molecule has 82 valence electrons. The molecule has 0 aromatic heterocycles. The summed E-state index contributed by atoms with van der Waals surface area (Å²) in [7, 11) is 0. The Morgan fingerprint density at radius 1 is 1.14 bits per heavy atom. The maximum atomic E-state index is 12.0. The lowest BCUT2D eigenvalue weighted by molar-refractivity contribution is -0.125. The molecule has 2 nitrogen and oxygen atoms in total. The molecule has 1 aliphatic carbocycles. The zero-order valence-corrected chi connectivity index (χ0v) is 9.57. The largest absolute Gasteiger partial charge is 0.305 e. The van der Waals surface area contributed by atoms with Crippen molar-refractivity contribution in [3.05, 3.63) is 0 Å². The number of carbonyl (C=O) groups is 1. The Morgan fingerprint density at radius 2 is 1.71 bits per heavy atom. The molecule has 0 unspecified atom stereocenters. The Morgan fingerprint density at radius 3 is 2.14 bits per heavy atom. The molecule has 0 spiro atoms. The van der Waals surface area contributed by atoms with Gasteiger partial charge in [-0.05, 0) is 19.4 Å². The summed E-state index contributed by atoms with van der Waals surface area (Å²) in [6, 6.07) is 0. The van der Waals surface area contributed by atoms with Gasteiger partial charge in [0.25, 0.3) is 0 Å². The van der Waals surface area contributed by atoms with Gasteiger partial charge in [-0.25, -0.2) is 0 Å². The van der Waals surface area contributed by atoms with Gasteiger partial charge in [0, 0.05) is 6.42 Å². The van der Waals surface area contributed by atoms with Gasteiger partial charge >= 0.3 is 0 Å². The van der Waals surface area contributed by atoms with E-state index in [4.69, 9.17) is 0 Å². The highest BCUT2D eigenvalue weighted by Crippen LogP contribution is 2.28. The fourth-order valence-corrected chi connectivity index (χ4v) is 2.56. The molecule has 0 heterocycles. The normalized spacial score (nSPS) is 21.6. The van der Waals surface area contributed by atoms with E-state index in [9.17, 15) is 4.79 Å². The van der Waals surface area contributed by atoms with Gasteiger partial charge in [0.2, 0.25) is 0 Å². The molecule has 0 amide bonds. The topological polar surface area (TPSA) is 29.1 Å². The van der Waals surface area contributed by atoms with Crippen molar-refractivity contribution < 1.29 is 4.79 Å². The number of rotatable bonds is 4. The first-order valence-corrected chi connectivity index (χ1v) is 6.03. The molecule has 0 atom stereocenters. The van der Waals surface area contributed by atoms with Crippen LogP contribution in [-0.4, -0.2) is 17.9 Å². The van der Waals surface area contributed by atoms with Crippen LogP contribution in [0.4, 0.5) is 0 Å². The number of carbonyl (C=O) groups excluding carboxylic acids is 1. The highest BCUT2D eigenvalue weighted by atomic mass is 16.1. The molecule has 1 rings (SSSR count). The highest BCUT2D eigenvalue weighted by molar-refractivity contribution is 5.88. The van der Waals surface area contributed by atoms with Crippen LogP contribution in [0.25, 0.3) is 0 Å². The maximum absolute atomic E-state index is 12.0. The van der Waals surface area contributed by atoms with Gasteiger partial charge in [0.1, 0.15) is 0 Å². The lowest BCUT2D eigenvalue weighted by atomic mass is 9.84. The minimum absolute atomic E-state index is 0.167. The van der Waals surface area contributed by atoms with Crippen LogP contribution in [-0.2, 0) is 4.79 Å². The Labute approximate surface area is 87.5 Å². The molecule has 1 fully saturated rings. The van der Waals surface area contributed by atoms with Crippen molar-refractivity contribution in [3.63, 3.8) is 0 Å². The van der Waals surface area contributed by atoms with E-state index < -0.39 is 0 Å². The number of hydrogen-bond donors (Lipinski definition) is 1. The lowest BCUT2D eigenvalue weighted by Gasteiger charge is -2.32. The minimum Gasteiger partial charge on any atom is -0.305 e. The van der Waals surface area contributed by atoms with Gasteiger partial charge in [-0.1, -0.05) is 39.5 Å². The number of Topliss-reactive ketones (excluding diaryl/α,β-unsaturated/α-hetero) is 1. The summed E-state index contributed by atoms with van der Waals surface area (Å²) in [6.45, 7) is 4.98. The number of hydrogen-bond acceptors (Lipinski definition) is 2. The fourth-order valence-electron chi connectivity index (χ4n) is 2.56. The van der Waals surface area contributed by atoms with Gasteiger partial charge in [0.05, 0.1) is 5.54 Å². The smallest absolute Gasteiger partial charge is 0.152 e. The van der Waals surface area contributed by atoms with E-state index in [-0.39, 0.29) is 5.54 Å². The molecule has 14 heavy (non-hydrogen) atoms. The molecule has 0 aliphatic heterocycles. The summed E-state index contributed by atoms with van der Waals surface area (Å²) in [6.07, 6.45) is 7.78. The summed E-state index contributed by atoms with van der Waals surface area (Å²) < 4.78 is 0. The average Bonchev–Trinajstić information content (AvgIpc) is 2.44. The standard InChI is InChI=1S/C12H23NO/c1-3-11(14)12(13-4-2)9-7-5-6-8-10-12/h13H,3-10H2,1-2H3. The molecule has 1 N–H and O–H groups in total. The van der Waals surface area contributed by atoms with Crippen molar-refractivity contribution in [2.24, 2.45) is 0 Å². The molecule has 0 bridgehead atoms. The number of likely N-dealkylation sites (N-methyl/N-ethyl adjacent to an activating group) is 1. The summed E-state index contributed by atoms with van der Waals surface area (Å²) in [5.41, 5.74) is -0.167. The van der Waals surface area contributed by atoms with Gasteiger partial charge in [-0.15, -0.1) is 0 Å². The summed E-state index contributed by atoms with van der Waals surface area (Å²) in [5, 5.41) is 3.44. The SMILES string of the molecule is CCNC1(C(=O)CC)CCCCCC1. The summed E-state index contributed by atoms with van der Waals surface area (Å²) >= 11 is 0. The quantitative estimate of drug-likeness (QED) is 0.702. The van der Waals surface area contributed by atoms with Crippen LogP contribution in [0.3, 0.4) is 0 Å². The van der Waals surface area contributed by atoms with Crippen molar-refractivity contribution >= 4 is 5.78 Å². The van der Waals surface area contributed by atoms with E-state index in [2.05, 4.69) is 12.2 Å². The number of ketones is 1. The second-order valence-electron chi connectivity index (χ2n) is 4.30. The van der Waals surface area contributed by atoms with Gasteiger partial charge in [-0.2, -0.15) is 0 Å². The molecule has 0 saturated heterocycles. The fraction of sp³-hybridized carbons (Fsp3) is 0.917. The van der Waals surface area contributed by atoms with E-state index in [0.717, 1.165) is 19.4 Å². The van der Waals surface area contributed by atoms with Crippen molar-refractivity contribution in [2.45, 2.75) is 64.3 Å². The van der Waals surface area contributed by atoms with Crippen molar-refractivity contribution in [1.29, 1.82) is 0 Å². The van der Waals surface area contributed by atoms with Crippen LogP contribution in [0.1, 0.15) is 58.8 Å². The molecular weight excluding hydrogens is 174 g/mol. The van der Waals surface area contributed by atoms with Crippen LogP contribution < -0.4 is 5.32 Å². The molecule has 1 aliphatic rings. The zero-order chi connectivity index (χ0) is 10.4. The zero-order valence-electron chi connectivity index (χ0n) is 9.57. The van der Waals surface area contributed by atoms with Crippen molar-refractivity contribution in [1.82, 2.24) is 5.32 Å². The molecule has 0 aromatic carbocycles. The first kappa shape index (κ1) is 11.7. The van der Waals surface area contributed by atoms with Gasteiger partial charge in [-0.3, -0.25) is 4.79 Å². The first-order valence-electron chi connectivity index (χ1n) is 6.03. The molecule has 0 aromatic rings. The third-order valence-corrected chi connectivity index (χ3v) is 3.33. The van der Waals surface area contributed by atoms with Crippen LogP contribution in [0.5, 0.6) is 0 Å². The predicted molar refractivity (Wildman–Crippen MR) is 59.4 cm³/mol. The molecule has 1 saturated carbocycles. The monoisotopic (exact) mass is 197 g/mol. The average molecular weight is 197 g/mol. The van der Waals surface area contributed by atoms with Crippen molar-refractivity contribution in [2.75, 3.05) is 6.54 Å². The summed E-state index contributed by atoms with van der Waals surface area (Å²) in [5.74, 6) is 0.418. The Kier molecular flexibility index (Phi) is 4.59. The van der Waals surface area contributed by atoms with E-state index in [1.165, 1.54) is 25.7 Å². The third-order valence-electron chi connectivity index (χ3n) is 3.33. The first-order chi connectivity index (χ1) is 6.75. The van der Waals surface area contributed by atoms with Crippen LogP contribution in [0.2, 0.25) is 0 Å². The molecule has 2 heteroatoms. The molecule has 0 radical (unpaired) electrons. The van der Waals surface area contributed by atoms with Crippen LogP contribution in [0.15, 0.2) is 0 Å². The Balaban J connectivity index is 2.71. The van der Waals surface area contributed by atoms with E-state index in [1.54, 1.807) is 0 Å². The van der Waals surface area contributed by atoms with Crippen molar-refractivity contribution in [3.8, 4) is 0 Å². The second-order valence-corrected chi connectivity index (χ2v) is 4.30. The minimum atomic E-state index is -0.167. The molecular formula is C12H23NO. The highest BCUT2D eigenvalue weighted by Gasteiger charge is 2.35. The van der Waals surface area contributed by atoms with E-state index in [0.29, 0.717) is 12.2 Å². The Bertz CT molecular complexity index is 181. The van der Waals surface area contributed by atoms with E-state index >= 15 is 0 Å². The predicted octanol–water partition coefficient (Wildman–Crippen LogP) is 2.67. The van der Waals surface area contributed by atoms with E-state index in [1.807, 2.05) is 6.92 Å². The van der Waals surface area contributed by atoms with Gasteiger partial charge < -0.3 is 5.32 Å². The second kappa shape index (κ2) is 5.50.